The maximum atomic E-state index is 14.3. The summed E-state index contributed by atoms with van der Waals surface area (Å²) in [6.07, 6.45) is 2.20. The molecule has 32 heavy (non-hydrogen) atoms. The van der Waals surface area contributed by atoms with E-state index < -0.39 is 21.8 Å². The van der Waals surface area contributed by atoms with Crippen LogP contribution in [0.2, 0.25) is 0 Å². The summed E-state index contributed by atoms with van der Waals surface area (Å²) in [6.45, 7) is 5.94. The molecule has 0 N–H and O–H groups in total. The summed E-state index contributed by atoms with van der Waals surface area (Å²) < 4.78 is 48.5. The minimum Gasteiger partial charge on any atom is -0.477 e. The molecule has 4 rings (SSSR count). The number of hydrogen-bond acceptors (Lipinski definition) is 8. The van der Waals surface area contributed by atoms with Crippen LogP contribution >= 0.6 is 0 Å². The highest BCUT2D eigenvalue weighted by molar-refractivity contribution is 7.90. The van der Waals surface area contributed by atoms with E-state index >= 15 is 0 Å². The molecule has 2 aromatic rings. The van der Waals surface area contributed by atoms with Gasteiger partial charge >= 0.3 is 6.01 Å². The molecule has 0 bridgehead atoms. The largest absolute Gasteiger partial charge is 0.477 e. The lowest BCUT2D eigenvalue weighted by atomic mass is 10.0. The Morgan fingerprint density at radius 2 is 1.91 bits per heavy atom. The Kier molecular flexibility index (Phi) is 6.11. The number of nitrogens with zero attached hydrogens (tertiary/aromatic N) is 4. The first-order chi connectivity index (χ1) is 15.1. The lowest BCUT2D eigenvalue weighted by Gasteiger charge is -2.35. The number of piperidine rings is 1. The van der Waals surface area contributed by atoms with Crippen LogP contribution in [0.3, 0.4) is 0 Å². The van der Waals surface area contributed by atoms with E-state index in [1.54, 1.807) is 4.90 Å². The first kappa shape index (κ1) is 22.5. The Morgan fingerprint density at radius 1 is 1.19 bits per heavy atom. The third-order valence-electron chi connectivity index (χ3n) is 5.91. The van der Waals surface area contributed by atoms with Crippen molar-refractivity contribution in [2.24, 2.45) is 0 Å². The van der Waals surface area contributed by atoms with Crippen molar-refractivity contribution < 1.29 is 26.9 Å². The number of rotatable bonds is 6. The van der Waals surface area contributed by atoms with Crippen LogP contribution in [0.25, 0.3) is 0 Å². The lowest BCUT2D eigenvalue weighted by Crippen LogP contribution is -2.47. The summed E-state index contributed by atoms with van der Waals surface area (Å²) in [6, 6.07) is 4.03. The highest BCUT2D eigenvalue weighted by atomic mass is 32.2. The van der Waals surface area contributed by atoms with E-state index in [9.17, 15) is 17.6 Å². The van der Waals surface area contributed by atoms with Crippen LogP contribution < -0.4 is 9.64 Å². The number of amides is 1. The predicted octanol–water partition coefficient (Wildman–Crippen LogP) is 2.38. The minimum absolute atomic E-state index is 0.0669. The van der Waals surface area contributed by atoms with Crippen LogP contribution in [0.15, 0.2) is 27.6 Å². The molecule has 0 saturated carbocycles. The monoisotopic (exact) mass is 466 g/mol. The zero-order valence-corrected chi connectivity index (χ0v) is 19.1. The molecule has 1 atom stereocenters. The van der Waals surface area contributed by atoms with E-state index in [2.05, 4.69) is 10.1 Å². The second kappa shape index (κ2) is 8.68. The molecule has 2 saturated heterocycles. The van der Waals surface area contributed by atoms with Crippen LogP contribution in [0.1, 0.15) is 44.9 Å². The topological polar surface area (TPSA) is 106 Å². The molecule has 11 heteroatoms. The summed E-state index contributed by atoms with van der Waals surface area (Å²) >= 11 is 0. The Balaban J connectivity index is 1.35. The van der Waals surface area contributed by atoms with E-state index in [1.807, 2.05) is 18.7 Å². The van der Waals surface area contributed by atoms with Crippen LogP contribution in [-0.4, -0.2) is 67.4 Å². The van der Waals surface area contributed by atoms with Crippen molar-refractivity contribution >= 4 is 21.8 Å². The fourth-order valence-electron chi connectivity index (χ4n) is 4.07. The molecule has 0 spiro atoms. The summed E-state index contributed by atoms with van der Waals surface area (Å²) in [5.41, 5.74) is 0. The average Bonchev–Trinajstić information content (AvgIpc) is 3.37. The third-order valence-corrected chi connectivity index (χ3v) is 7.02. The van der Waals surface area contributed by atoms with E-state index in [-0.39, 0.29) is 28.5 Å². The van der Waals surface area contributed by atoms with Gasteiger partial charge in [0.25, 0.3) is 5.91 Å². The van der Waals surface area contributed by atoms with Crippen molar-refractivity contribution in [1.82, 2.24) is 15.0 Å². The first-order valence-electron chi connectivity index (χ1n) is 10.7. The van der Waals surface area contributed by atoms with Gasteiger partial charge in [0.05, 0.1) is 4.90 Å². The molecule has 1 aromatic heterocycles. The van der Waals surface area contributed by atoms with E-state index in [4.69, 9.17) is 9.26 Å². The molecule has 2 aliphatic rings. The molecule has 1 amide bonds. The zero-order chi connectivity index (χ0) is 23.0. The van der Waals surface area contributed by atoms with Gasteiger partial charge in [-0.1, -0.05) is 19.0 Å². The van der Waals surface area contributed by atoms with Crippen molar-refractivity contribution in [3.8, 4) is 5.75 Å². The third kappa shape index (κ3) is 4.57. The van der Waals surface area contributed by atoms with Crippen LogP contribution in [0.4, 0.5) is 10.4 Å². The summed E-state index contributed by atoms with van der Waals surface area (Å²) in [5, 5.41) is 4.00. The van der Waals surface area contributed by atoms with Crippen molar-refractivity contribution in [1.29, 1.82) is 0 Å². The average molecular weight is 467 g/mol. The van der Waals surface area contributed by atoms with Crippen molar-refractivity contribution in [2.45, 2.75) is 56.1 Å². The van der Waals surface area contributed by atoms with Crippen molar-refractivity contribution in [2.75, 3.05) is 30.8 Å². The van der Waals surface area contributed by atoms with Gasteiger partial charge in [0.1, 0.15) is 0 Å². The van der Waals surface area contributed by atoms with Gasteiger partial charge in [-0.2, -0.15) is 4.98 Å². The van der Waals surface area contributed by atoms with Crippen molar-refractivity contribution in [3.63, 3.8) is 0 Å². The molecule has 2 aliphatic heterocycles. The number of anilines is 1. The molecule has 0 unspecified atom stereocenters. The van der Waals surface area contributed by atoms with Gasteiger partial charge in [-0.3, -0.25) is 4.79 Å². The Labute approximate surface area is 186 Å². The lowest BCUT2D eigenvalue weighted by molar-refractivity contribution is -0.135. The number of sulfone groups is 1. The van der Waals surface area contributed by atoms with E-state index in [0.717, 1.165) is 25.2 Å². The zero-order valence-electron chi connectivity index (χ0n) is 18.3. The molecule has 3 heterocycles. The Hall–Kier alpha value is -2.69. The van der Waals surface area contributed by atoms with Gasteiger partial charge in [-0.25, -0.2) is 12.8 Å². The quantitative estimate of drug-likeness (QED) is 0.639. The standard InChI is InChI=1S/C21H27FN4O5S/c1-13(2)19-23-21(31-24-19)25-9-6-14(7-10-25)26-11-8-18(20(26)27)30-17-5-4-15(12-16(17)22)32(3,28)29/h4-5,12-14,18H,6-11H2,1-3H3/t18-/m0/s1. The molecule has 174 valence electrons. The number of aromatic nitrogens is 2. The van der Waals surface area contributed by atoms with Crippen LogP contribution in [0.5, 0.6) is 5.75 Å². The number of halogens is 1. The Morgan fingerprint density at radius 3 is 2.50 bits per heavy atom. The maximum Gasteiger partial charge on any atom is 0.324 e. The van der Waals surface area contributed by atoms with E-state index in [0.29, 0.717) is 37.9 Å². The molecular formula is C21H27FN4O5S. The second-order valence-electron chi connectivity index (χ2n) is 8.60. The predicted molar refractivity (Wildman–Crippen MR) is 114 cm³/mol. The van der Waals surface area contributed by atoms with Gasteiger partial charge in [-0.15, -0.1) is 0 Å². The van der Waals surface area contributed by atoms with Crippen molar-refractivity contribution in [3.05, 3.63) is 29.8 Å². The fraction of sp³-hybridized carbons (Fsp3) is 0.571. The number of benzene rings is 1. The summed E-state index contributed by atoms with van der Waals surface area (Å²) in [5.74, 6) is -0.224. The van der Waals surface area contributed by atoms with Crippen LogP contribution in [-0.2, 0) is 14.6 Å². The fourth-order valence-corrected chi connectivity index (χ4v) is 4.70. The summed E-state index contributed by atoms with van der Waals surface area (Å²) in [7, 11) is -3.52. The molecular weight excluding hydrogens is 439 g/mol. The number of ether oxygens (including phenoxy) is 1. The summed E-state index contributed by atoms with van der Waals surface area (Å²) in [4.78, 5) is 21.0. The van der Waals surface area contributed by atoms with Gasteiger partial charge in [-0.05, 0) is 31.0 Å². The SMILES string of the molecule is CC(C)c1noc(N2CCC(N3CC[C@H](Oc4ccc(S(C)(=O)=O)cc4F)C3=O)CC2)n1. The molecule has 1 aromatic carbocycles. The van der Waals surface area contributed by atoms with Crippen LogP contribution in [0, 0.1) is 5.82 Å². The number of carbonyl (C=O) groups excluding carboxylic acids is 1. The number of likely N-dealkylation sites (tertiary alicyclic amines) is 1. The number of carbonyl (C=O) groups is 1. The van der Waals surface area contributed by atoms with E-state index in [1.165, 1.54) is 12.1 Å². The molecule has 9 nitrogen and oxygen atoms in total. The molecule has 0 aliphatic carbocycles. The highest BCUT2D eigenvalue weighted by Crippen LogP contribution is 2.29. The van der Waals surface area contributed by atoms with Gasteiger partial charge in [0, 0.05) is 44.3 Å². The normalized spacial score (nSPS) is 20.4. The van der Waals surface area contributed by atoms with Gasteiger partial charge in [0.15, 0.2) is 33.3 Å². The smallest absolute Gasteiger partial charge is 0.324 e. The maximum absolute atomic E-state index is 14.3. The molecule has 2 fully saturated rings. The second-order valence-corrected chi connectivity index (χ2v) is 10.6. The number of hydrogen-bond donors (Lipinski definition) is 0. The van der Waals surface area contributed by atoms with Gasteiger partial charge in [0.2, 0.25) is 0 Å². The minimum atomic E-state index is -3.52. The highest BCUT2D eigenvalue weighted by Gasteiger charge is 2.39. The van der Waals surface area contributed by atoms with Gasteiger partial charge < -0.3 is 19.1 Å². The first-order valence-corrected chi connectivity index (χ1v) is 12.6. The molecule has 0 radical (unpaired) electrons. The Bertz CT molecular complexity index is 1100.